The summed E-state index contributed by atoms with van der Waals surface area (Å²) in [6.45, 7) is 2.10. The molecular formula is C6H12Cl4Si. The summed E-state index contributed by atoms with van der Waals surface area (Å²) in [4.78, 5) is 0. The fourth-order valence-corrected chi connectivity index (χ4v) is 4.44. The number of alkyl halides is 1. The van der Waals surface area contributed by atoms with Crippen molar-refractivity contribution in [3.63, 3.8) is 0 Å². The number of halogens is 4. The summed E-state index contributed by atoms with van der Waals surface area (Å²) >= 11 is 22.8. The zero-order valence-corrected chi connectivity index (χ0v) is 10.4. The molecule has 0 aromatic rings. The Balaban J connectivity index is 3.44. The van der Waals surface area contributed by atoms with E-state index in [2.05, 4.69) is 6.92 Å². The molecule has 0 heterocycles. The topological polar surface area (TPSA) is 0 Å². The summed E-state index contributed by atoms with van der Waals surface area (Å²) in [5.41, 5.74) is 0. The first-order valence-electron chi connectivity index (χ1n) is 3.58. The van der Waals surface area contributed by atoms with Crippen LogP contribution in [0.25, 0.3) is 0 Å². The summed E-state index contributed by atoms with van der Waals surface area (Å²) in [5.74, 6) is 1.19. The average molecular weight is 254 g/mol. The molecule has 0 N–H and O–H groups in total. The lowest BCUT2D eigenvalue weighted by molar-refractivity contribution is 0.575. The van der Waals surface area contributed by atoms with E-state index in [9.17, 15) is 0 Å². The van der Waals surface area contributed by atoms with E-state index in [4.69, 9.17) is 44.8 Å². The van der Waals surface area contributed by atoms with Crippen LogP contribution in [0, 0.1) is 5.92 Å². The van der Waals surface area contributed by atoms with E-state index >= 15 is 0 Å². The molecule has 0 fully saturated rings. The van der Waals surface area contributed by atoms with Crippen molar-refractivity contribution in [2.45, 2.75) is 25.8 Å². The van der Waals surface area contributed by atoms with Gasteiger partial charge >= 0.3 is 6.00 Å². The van der Waals surface area contributed by atoms with Gasteiger partial charge in [0.2, 0.25) is 0 Å². The molecule has 1 unspecified atom stereocenters. The third-order valence-corrected chi connectivity index (χ3v) is 4.23. The number of hydrogen-bond donors (Lipinski definition) is 0. The maximum Gasteiger partial charge on any atom is 0.341 e. The Bertz CT molecular complexity index is 101. The normalized spacial score (nSPS) is 15.0. The molecule has 0 spiro atoms. The first-order chi connectivity index (χ1) is 4.95. The van der Waals surface area contributed by atoms with Gasteiger partial charge in [0, 0.05) is 5.88 Å². The van der Waals surface area contributed by atoms with Crippen LogP contribution in [0.5, 0.6) is 0 Å². The SMILES string of the molecule is CC(CCCCl)C[Si](Cl)(Cl)Cl. The summed E-state index contributed by atoms with van der Waals surface area (Å²) in [6.07, 6.45) is 2.07. The molecule has 0 saturated heterocycles. The largest absolute Gasteiger partial charge is 0.341 e. The average Bonchev–Trinajstić information content (AvgIpc) is 1.79. The smallest absolute Gasteiger partial charge is 0.127 e. The van der Waals surface area contributed by atoms with Crippen LogP contribution >= 0.6 is 44.8 Å². The highest BCUT2D eigenvalue weighted by Gasteiger charge is 2.27. The van der Waals surface area contributed by atoms with E-state index in [0.717, 1.165) is 18.9 Å². The zero-order valence-electron chi connectivity index (χ0n) is 6.42. The van der Waals surface area contributed by atoms with Crippen LogP contribution in [-0.4, -0.2) is 11.9 Å². The molecule has 0 rings (SSSR count). The fourth-order valence-electron chi connectivity index (χ4n) is 0.923. The Kier molecular flexibility index (Phi) is 6.67. The maximum atomic E-state index is 5.74. The molecule has 1 atom stereocenters. The first-order valence-corrected chi connectivity index (χ1v) is 9.36. The van der Waals surface area contributed by atoms with Crippen molar-refractivity contribution < 1.29 is 0 Å². The van der Waals surface area contributed by atoms with E-state index in [1.807, 2.05) is 0 Å². The van der Waals surface area contributed by atoms with Gasteiger partial charge in [-0.1, -0.05) is 6.92 Å². The molecule has 0 aliphatic heterocycles. The van der Waals surface area contributed by atoms with Crippen molar-refractivity contribution >= 4 is 50.8 Å². The number of rotatable bonds is 5. The minimum atomic E-state index is -2.40. The molecule has 0 nitrogen and oxygen atoms in total. The molecule has 68 valence electrons. The van der Waals surface area contributed by atoms with Gasteiger partial charge in [0.1, 0.15) is 0 Å². The Morgan fingerprint density at radius 3 is 2.18 bits per heavy atom. The van der Waals surface area contributed by atoms with Gasteiger partial charge in [-0.2, -0.15) is 0 Å². The van der Waals surface area contributed by atoms with E-state index in [1.165, 1.54) is 0 Å². The highest BCUT2D eigenvalue weighted by Crippen LogP contribution is 2.30. The second-order valence-corrected chi connectivity index (χ2v) is 12.3. The Labute approximate surface area is 88.3 Å². The summed E-state index contributed by atoms with van der Waals surface area (Å²) in [7, 11) is 0. The van der Waals surface area contributed by atoms with Crippen molar-refractivity contribution in [1.29, 1.82) is 0 Å². The van der Waals surface area contributed by atoms with Crippen LogP contribution < -0.4 is 0 Å². The standard InChI is InChI=1S/C6H12Cl4Si/c1-6(3-2-4-7)5-11(8,9)10/h6H,2-5H2,1H3. The molecule has 0 amide bonds. The monoisotopic (exact) mass is 252 g/mol. The van der Waals surface area contributed by atoms with E-state index in [0.29, 0.717) is 11.8 Å². The Morgan fingerprint density at radius 1 is 1.27 bits per heavy atom. The lowest BCUT2D eigenvalue weighted by atomic mass is 10.1. The van der Waals surface area contributed by atoms with Gasteiger partial charge in [0.05, 0.1) is 0 Å². The van der Waals surface area contributed by atoms with E-state index < -0.39 is 6.00 Å². The van der Waals surface area contributed by atoms with E-state index in [1.54, 1.807) is 0 Å². The second-order valence-electron chi connectivity index (χ2n) is 2.76. The minimum absolute atomic E-state index is 0.493. The van der Waals surface area contributed by atoms with Crippen LogP contribution in [0.3, 0.4) is 0 Å². The zero-order chi connectivity index (χ0) is 8.91. The van der Waals surface area contributed by atoms with Gasteiger partial charge in [0.25, 0.3) is 0 Å². The van der Waals surface area contributed by atoms with E-state index in [-0.39, 0.29) is 0 Å². The lowest BCUT2D eigenvalue weighted by Crippen LogP contribution is -2.13. The highest BCUT2D eigenvalue weighted by molar-refractivity contribution is 7.64. The third kappa shape index (κ3) is 9.29. The lowest BCUT2D eigenvalue weighted by Gasteiger charge is -2.13. The second kappa shape index (κ2) is 5.93. The van der Waals surface area contributed by atoms with Crippen LogP contribution in [-0.2, 0) is 0 Å². The molecule has 0 saturated carbocycles. The molecule has 11 heavy (non-hydrogen) atoms. The molecule has 0 aliphatic rings. The Morgan fingerprint density at radius 2 is 1.82 bits per heavy atom. The van der Waals surface area contributed by atoms with Crippen molar-refractivity contribution in [3.05, 3.63) is 0 Å². The van der Waals surface area contributed by atoms with Gasteiger partial charge in [-0.3, -0.25) is 0 Å². The van der Waals surface area contributed by atoms with Crippen molar-refractivity contribution in [3.8, 4) is 0 Å². The van der Waals surface area contributed by atoms with Crippen LogP contribution in [0.1, 0.15) is 19.8 Å². The van der Waals surface area contributed by atoms with Crippen molar-refractivity contribution in [2.24, 2.45) is 5.92 Å². The minimum Gasteiger partial charge on any atom is -0.127 e. The van der Waals surface area contributed by atoms with Gasteiger partial charge in [-0.15, -0.1) is 44.8 Å². The predicted octanol–water partition coefficient (Wildman–Crippen LogP) is 4.30. The molecule has 0 aromatic carbocycles. The summed E-state index contributed by atoms with van der Waals surface area (Å²) in [5, 5.41) is 0. The molecule has 0 aliphatic carbocycles. The van der Waals surface area contributed by atoms with Crippen molar-refractivity contribution in [1.82, 2.24) is 0 Å². The van der Waals surface area contributed by atoms with Crippen molar-refractivity contribution in [2.75, 3.05) is 5.88 Å². The third-order valence-electron chi connectivity index (χ3n) is 1.41. The fraction of sp³-hybridized carbons (Fsp3) is 1.00. The summed E-state index contributed by atoms with van der Waals surface area (Å²) in [6, 6.07) is -1.65. The highest BCUT2D eigenvalue weighted by atomic mass is 35.8. The molecule has 0 radical (unpaired) electrons. The van der Waals surface area contributed by atoms with Gasteiger partial charge in [-0.25, -0.2) is 0 Å². The first kappa shape index (κ1) is 12.4. The van der Waals surface area contributed by atoms with Crippen LogP contribution in [0.2, 0.25) is 6.04 Å². The van der Waals surface area contributed by atoms with Gasteiger partial charge in [-0.05, 0) is 24.8 Å². The molecular weight excluding hydrogens is 242 g/mol. The predicted molar refractivity (Wildman–Crippen MR) is 57.2 cm³/mol. The van der Waals surface area contributed by atoms with Gasteiger partial charge < -0.3 is 0 Å². The maximum absolute atomic E-state index is 5.74. The number of hydrogen-bond acceptors (Lipinski definition) is 0. The Hall–Kier alpha value is 1.38. The molecule has 5 heteroatoms. The van der Waals surface area contributed by atoms with Crippen LogP contribution in [0.15, 0.2) is 0 Å². The van der Waals surface area contributed by atoms with Gasteiger partial charge in [0.15, 0.2) is 0 Å². The molecule has 0 bridgehead atoms. The summed E-state index contributed by atoms with van der Waals surface area (Å²) < 4.78 is 0. The molecule has 0 aromatic heterocycles. The van der Waals surface area contributed by atoms with Crippen LogP contribution in [0.4, 0.5) is 0 Å². The quantitative estimate of drug-likeness (QED) is 0.390.